The third-order valence-corrected chi connectivity index (χ3v) is 3.77. The molecule has 0 heterocycles. The molecule has 0 bridgehead atoms. The standard InChI is InChI=1S/C20H24/c1-14(2)18-9-7-8-15(3)19(18)16-10-12-17(13-11-16)20(4,5)6/h7-13H,1H2,2-6H3. The van der Waals surface area contributed by atoms with Crippen molar-refractivity contribution in [2.75, 3.05) is 0 Å². The number of benzene rings is 2. The SMILES string of the molecule is C=C(C)c1cccc(C)c1-c1ccc(C(C)(C)C)cc1. The highest BCUT2D eigenvalue weighted by molar-refractivity contribution is 5.82. The van der Waals surface area contributed by atoms with Crippen molar-refractivity contribution >= 4 is 5.57 Å². The van der Waals surface area contributed by atoms with Crippen LogP contribution in [0.3, 0.4) is 0 Å². The van der Waals surface area contributed by atoms with Gasteiger partial charge in [0.1, 0.15) is 0 Å². The van der Waals surface area contributed by atoms with E-state index in [0.717, 1.165) is 5.57 Å². The van der Waals surface area contributed by atoms with Gasteiger partial charge in [-0.25, -0.2) is 0 Å². The molecule has 0 aliphatic heterocycles. The first-order chi connectivity index (χ1) is 9.30. The van der Waals surface area contributed by atoms with Gasteiger partial charge in [0.2, 0.25) is 0 Å². The maximum absolute atomic E-state index is 4.11. The van der Waals surface area contributed by atoms with Gasteiger partial charge in [-0.2, -0.15) is 0 Å². The van der Waals surface area contributed by atoms with Crippen molar-refractivity contribution in [2.45, 2.75) is 40.0 Å². The van der Waals surface area contributed by atoms with E-state index in [1.807, 2.05) is 0 Å². The Morgan fingerprint density at radius 1 is 0.950 bits per heavy atom. The fraction of sp³-hybridized carbons (Fsp3) is 0.300. The van der Waals surface area contributed by atoms with Crippen LogP contribution in [0.15, 0.2) is 49.0 Å². The van der Waals surface area contributed by atoms with E-state index in [2.05, 4.69) is 83.7 Å². The van der Waals surface area contributed by atoms with Crippen molar-refractivity contribution in [3.63, 3.8) is 0 Å². The van der Waals surface area contributed by atoms with Gasteiger partial charge in [-0.3, -0.25) is 0 Å². The molecule has 2 rings (SSSR count). The molecule has 0 aromatic heterocycles. The van der Waals surface area contributed by atoms with Crippen molar-refractivity contribution in [1.29, 1.82) is 0 Å². The Kier molecular flexibility index (Phi) is 3.85. The number of hydrogen-bond donors (Lipinski definition) is 0. The fourth-order valence-corrected chi connectivity index (χ4v) is 2.54. The molecule has 0 spiro atoms. The second kappa shape index (κ2) is 5.28. The van der Waals surface area contributed by atoms with Gasteiger partial charge in [0, 0.05) is 0 Å². The summed E-state index contributed by atoms with van der Waals surface area (Å²) in [5.74, 6) is 0. The smallest absolute Gasteiger partial charge is 0.00797 e. The molecule has 2 aromatic rings. The van der Waals surface area contributed by atoms with Crippen LogP contribution in [0.2, 0.25) is 0 Å². The van der Waals surface area contributed by atoms with Gasteiger partial charge in [-0.1, -0.05) is 75.4 Å². The Bertz CT molecular complexity index is 622. The molecule has 0 aliphatic carbocycles. The number of hydrogen-bond acceptors (Lipinski definition) is 0. The van der Waals surface area contributed by atoms with Crippen LogP contribution in [0.25, 0.3) is 16.7 Å². The van der Waals surface area contributed by atoms with Crippen molar-refractivity contribution in [2.24, 2.45) is 0 Å². The van der Waals surface area contributed by atoms with Crippen LogP contribution in [0.4, 0.5) is 0 Å². The third-order valence-electron chi connectivity index (χ3n) is 3.77. The van der Waals surface area contributed by atoms with E-state index in [0.29, 0.717) is 0 Å². The van der Waals surface area contributed by atoms with E-state index in [-0.39, 0.29) is 5.41 Å². The maximum atomic E-state index is 4.11. The minimum atomic E-state index is 0.196. The molecule has 0 amide bonds. The van der Waals surface area contributed by atoms with E-state index in [1.165, 1.54) is 27.8 Å². The van der Waals surface area contributed by atoms with Crippen LogP contribution in [0, 0.1) is 6.92 Å². The molecule has 0 saturated carbocycles. The van der Waals surface area contributed by atoms with E-state index < -0.39 is 0 Å². The Hall–Kier alpha value is -1.82. The molecule has 2 aromatic carbocycles. The number of aryl methyl sites for hydroxylation is 1. The normalized spacial score (nSPS) is 11.4. The Morgan fingerprint density at radius 2 is 1.55 bits per heavy atom. The lowest BCUT2D eigenvalue weighted by Gasteiger charge is -2.20. The quantitative estimate of drug-likeness (QED) is 0.624. The summed E-state index contributed by atoms with van der Waals surface area (Å²) in [5, 5.41) is 0. The topological polar surface area (TPSA) is 0 Å². The van der Waals surface area contributed by atoms with Crippen molar-refractivity contribution in [1.82, 2.24) is 0 Å². The number of allylic oxidation sites excluding steroid dienone is 1. The molecule has 0 N–H and O–H groups in total. The average Bonchev–Trinajstić information content (AvgIpc) is 2.37. The van der Waals surface area contributed by atoms with Crippen molar-refractivity contribution < 1.29 is 0 Å². The molecule has 104 valence electrons. The first-order valence-corrected chi connectivity index (χ1v) is 7.17. The molecule has 0 atom stereocenters. The zero-order valence-electron chi connectivity index (χ0n) is 13.2. The van der Waals surface area contributed by atoms with Crippen LogP contribution < -0.4 is 0 Å². The number of rotatable bonds is 2. The fourth-order valence-electron chi connectivity index (χ4n) is 2.54. The van der Waals surface area contributed by atoms with E-state index in [9.17, 15) is 0 Å². The minimum absolute atomic E-state index is 0.196. The van der Waals surface area contributed by atoms with E-state index >= 15 is 0 Å². The molecular weight excluding hydrogens is 240 g/mol. The Balaban J connectivity index is 2.55. The summed E-state index contributed by atoms with van der Waals surface area (Å²) >= 11 is 0. The second-order valence-electron chi connectivity index (χ2n) is 6.61. The predicted octanol–water partition coefficient (Wildman–Crippen LogP) is 5.99. The van der Waals surface area contributed by atoms with Gasteiger partial charge in [-0.05, 0) is 47.1 Å². The summed E-state index contributed by atoms with van der Waals surface area (Å²) in [6, 6.07) is 15.4. The lowest BCUT2D eigenvalue weighted by Crippen LogP contribution is -2.10. The maximum Gasteiger partial charge on any atom is -0.00797 e. The molecule has 0 fully saturated rings. The van der Waals surface area contributed by atoms with Crippen LogP contribution in [0.5, 0.6) is 0 Å². The molecule has 0 saturated heterocycles. The molecule has 0 radical (unpaired) electrons. The average molecular weight is 264 g/mol. The van der Waals surface area contributed by atoms with Crippen LogP contribution in [0.1, 0.15) is 44.4 Å². The third kappa shape index (κ3) is 2.85. The van der Waals surface area contributed by atoms with Gasteiger partial charge in [0.15, 0.2) is 0 Å². The lowest BCUT2D eigenvalue weighted by atomic mass is 9.85. The Morgan fingerprint density at radius 3 is 2.05 bits per heavy atom. The zero-order chi connectivity index (χ0) is 14.9. The summed E-state index contributed by atoms with van der Waals surface area (Å²) in [6.07, 6.45) is 0. The highest BCUT2D eigenvalue weighted by Crippen LogP contribution is 2.32. The van der Waals surface area contributed by atoms with Gasteiger partial charge >= 0.3 is 0 Å². The van der Waals surface area contributed by atoms with E-state index in [1.54, 1.807) is 0 Å². The van der Waals surface area contributed by atoms with Crippen molar-refractivity contribution in [3.8, 4) is 11.1 Å². The first kappa shape index (κ1) is 14.6. The van der Waals surface area contributed by atoms with Gasteiger partial charge < -0.3 is 0 Å². The summed E-state index contributed by atoms with van der Waals surface area (Å²) in [4.78, 5) is 0. The summed E-state index contributed by atoms with van der Waals surface area (Å²) < 4.78 is 0. The predicted molar refractivity (Wildman–Crippen MR) is 90.0 cm³/mol. The van der Waals surface area contributed by atoms with Crippen LogP contribution in [-0.4, -0.2) is 0 Å². The molecule has 0 aliphatic rings. The largest absolute Gasteiger partial charge is 0.0955 e. The minimum Gasteiger partial charge on any atom is -0.0955 e. The highest BCUT2D eigenvalue weighted by atomic mass is 14.2. The van der Waals surface area contributed by atoms with Crippen LogP contribution >= 0.6 is 0 Å². The molecule has 20 heavy (non-hydrogen) atoms. The Labute approximate surface area is 123 Å². The van der Waals surface area contributed by atoms with Gasteiger partial charge in [-0.15, -0.1) is 0 Å². The highest BCUT2D eigenvalue weighted by Gasteiger charge is 2.14. The zero-order valence-corrected chi connectivity index (χ0v) is 13.2. The first-order valence-electron chi connectivity index (χ1n) is 7.17. The molecular formula is C20H24. The summed E-state index contributed by atoms with van der Waals surface area (Å²) in [7, 11) is 0. The second-order valence-corrected chi connectivity index (χ2v) is 6.61. The molecule has 0 nitrogen and oxygen atoms in total. The van der Waals surface area contributed by atoms with Gasteiger partial charge in [0.25, 0.3) is 0 Å². The molecule has 0 heteroatoms. The summed E-state index contributed by atoms with van der Waals surface area (Å²) in [6.45, 7) is 15.1. The lowest BCUT2D eigenvalue weighted by molar-refractivity contribution is 0.590. The van der Waals surface area contributed by atoms with E-state index in [4.69, 9.17) is 0 Å². The van der Waals surface area contributed by atoms with Crippen LogP contribution in [-0.2, 0) is 5.41 Å². The molecule has 0 unspecified atom stereocenters. The monoisotopic (exact) mass is 264 g/mol. The van der Waals surface area contributed by atoms with Crippen molar-refractivity contribution in [3.05, 3.63) is 65.7 Å². The summed E-state index contributed by atoms with van der Waals surface area (Å²) in [5.41, 5.74) is 7.80. The van der Waals surface area contributed by atoms with Gasteiger partial charge in [0.05, 0.1) is 0 Å².